The summed E-state index contributed by atoms with van der Waals surface area (Å²) in [6.45, 7) is 36.9. The molecule has 0 bridgehead atoms. The van der Waals surface area contributed by atoms with Gasteiger partial charge in [-0.25, -0.2) is 19.2 Å². The van der Waals surface area contributed by atoms with E-state index in [9.17, 15) is 40.2 Å². The summed E-state index contributed by atoms with van der Waals surface area (Å²) in [5.41, 5.74) is 15.5. The van der Waals surface area contributed by atoms with E-state index in [2.05, 4.69) is 123 Å². The van der Waals surface area contributed by atoms with Gasteiger partial charge in [0.1, 0.15) is 47.3 Å². The predicted molar refractivity (Wildman–Crippen MR) is 553 cm³/mol. The number of hydrogen-bond acceptors (Lipinski definition) is 22. The number of aromatic nitrogens is 4. The number of piperazine rings is 1. The first-order valence-corrected chi connectivity index (χ1v) is 49.3. The molecule has 3 fully saturated rings. The summed E-state index contributed by atoms with van der Waals surface area (Å²) in [5.74, 6) is 3.21. The molecule has 4 aromatic heterocycles. The summed E-state index contributed by atoms with van der Waals surface area (Å²) in [6, 6.07) is 63.2. The SMILES string of the molecule is CCOC(=O)Nc1cccc(-c2c(C#N)c3ccc(OCCCN(C)CCOC)cc3n2CC)c1.CCOC(=O)Nc1cccc(-c2c(C#N)c3ccc(OCCCN4CCCC4)cc3n2CC)c1.CCOC(=O)Nc1cccc(-c2c(C#N)c3ccc(OCCCN4CCCCC4)cc3n2CC)c1.CCOC(=O)Nc1cccc(-c2c(C#N)c3ccc(OCCCN4CCN(C)CC4)cc3n2CC)c1. The van der Waals surface area contributed by atoms with Gasteiger partial charge in [0.2, 0.25) is 0 Å². The van der Waals surface area contributed by atoms with Gasteiger partial charge in [0.05, 0.1) is 127 Å². The molecule has 0 radical (unpaired) electrons. The van der Waals surface area contributed by atoms with Crippen LogP contribution < -0.4 is 40.2 Å². The third-order valence-corrected chi connectivity index (χ3v) is 25.0. The van der Waals surface area contributed by atoms with Crippen molar-refractivity contribution >= 4 is 90.7 Å². The van der Waals surface area contributed by atoms with E-state index < -0.39 is 24.4 Å². The monoisotopic (exact) mass is 1900 g/mol. The minimum atomic E-state index is -0.507. The maximum absolute atomic E-state index is 11.9. The maximum Gasteiger partial charge on any atom is 0.411 e. The second-order valence-electron chi connectivity index (χ2n) is 34.4. The quantitative estimate of drug-likeness (QED) is 0.0205. The topological polar surface area (TPSA) is 331 Å². The van der Waals surface area contributed by atoms with Crippen LogP contribution >= 0.6 is 0 Å². The predicted octanol–water partition coefficient (Wildman–Crippen LogP) is 21.6. The van der Waals surface area contributed by atoms with Gasteiger partial charge in [-0.15, -0.1) is 0 Å². The number of amides is 4. The van der Waals surface area contributed by atoms with E-state index in [1.54, 1.807) is 59.1 Å². The van der Waals surface area contributed by atoms with Crippen LogP contribution in [0, 0.1) is 45.3 Å². The highest BCUT2D eigenvalue weighted by Gasteiger charge is 2.27. The standard InChI is InChI=1S/C28H35N5O3.C28H34N4O3.C27H34N4O4.C27H32N4O3/c1-4-33-26-19-23(36-17-7-12-32-15-13-31(3)14-16-32)10-11-24(26)25(20-29)27(33)21-8-6-9-22(18-21)30-28(34)35-5-2;1-3-32-26-19-23(35-17-9-16-31-14-6-5-7-15-31)12-13-24(26)25(20-29)27(32)21-10-8-11-22(18-21)30-28(33)34-4-2;1-5-31-25-18-22(35-15-8-13-30(3)14-16-33-4)11-12-23(25)24(19-28)26(31)20-9-7-10-21(17-20)29-27(32)34-6-2;1-3-31-25-18-22(34-16-8-15-30-13-5-6-14-30)11-12-23(25)24(19-28)26(31)20-9-7-10-21(17-20)29-27(32)33-4-2/h6,8-11,18-19H,4-5,7,12-17H2,1-3H3,(H,30,34);8,10-13,18-19H,3-7,9,14-17H2,1-2H3,(H,30,33);7,9-12,17-18H,5-6,8,13-16H2,1-4H3,(H,29,32);7,9-12,17-18H,3-6,8,13-16H2,1-2H3,(H,29,32). The van der Waals surface area contributed by atoms with Crippen molar-refractivity contribution in [1.29, 1.82) is 21.0 Å². The molecule has 3 aliphatic heterocycles. The third-order valence-electron chi connectivity index (χ3n) is 25.0. The van der Waals surface area contributed by atoms with E-state index in [0.29, 0.717) is 131 Å². The lowest BCUT2D eigenvalue weighted by Crippen LogP contribution is -2.44. The molecule has 0 atom stereocenters. The fraction of sp³-hybridized carbons (Fsp3) is 0.418. The number of rotatable bonds is 39. The molecule has 0 aliphatic carbocycles. The van der Waals surface area contributed by atoms with Crippen molar-refractivity contribution in [2.75, 3.05) is 187 Å². The van der Waals surface area contributed by atoms with Crippen molar-refractivity contribution in [2.24, 2.45) is 0 Å². The molecule has 4 N–H and O–H groups in total. The summed E-state index contributed by atoms with van der Waals surface area (Å²) in [7, 11) is 5.95. The van der Waals surface area contributed by atoms with Crippen LogP contribution in [0.3, 0.4) is 0 Å². The van der Waals surface area contributed by atoms with Crippen LogP contribution in [0.2, 0.25) is 0 Å². The molecule has 3 saturated heterocycles. The second kappa shape index (κ2) is 53.7. The zero-order chi connectivity index (χ0) is 99.2. The van der Waals surface area contributed by atoms with Crippen LogP contribution in [0.15, 0.2) is 170 Å². The Kier molecular flexibility index (Phi) is 40.2. The van der Waals surface area contributed by atoms with Crippen LogP contribution in [0.4, 0.5) is 41.9 Å². The molecule has 140 heavy (non-hydrogen) atoms. The first kappa shape index (κ1) is 105. The molecule has 0 spiro atoms. The Bertz CT molecular complexity index is 6330. The molecule has 30 heteroatoms. The van der Waals surface area contributed by atoms with E-state index in [-0.39, 0.29) is 0 Å². The summed E-state index contributed by atoms with van der Waals surface area (Å²) in [4.78, 5) is 59.6. The van der Waals surface area contributed by atoms with Gasteiger partial charge in [-0.05, 0) is 244 Å². The summed E-state index contributed by atoms with van der Waals surface area (Å²) in [6.07, 6.45) is 8.45. The Morgan fingerprint density at radius 3 is 0.871 bits per heavy atom. The van der Waals surface area contributed by atoms with Gasteiger partial charge >= 0.3 is 24.4 Å². The lowest BCUT2D eigenvalue weighted by atomic mass is 10.1. The molecule has 30 nitrogen and oxygen atoms in total. The highest BCUT2D eigenvalue weighted by molar-refractivity contribution is 6.00. The molecule has 8 aromatic carbocycles. The fourth-order valence-corrected chi connectivity index (χ4v) is 18.3. The van der Waals surface area contributed by atoms with Crippen LogP contribution in [0.5, 0.6) is 23.0 Å². The maximum atomic E-state index is 11.9. The number of likely N-dealkylation sites (tertiary alicyclic amines) is 2. The Labute approximate surface area is 822 Å². The number of methoxy groups -OCH3 is 1. The van der Waals surface area contributed by atoms with Crippen LogP contribution in [0.25, 0.3) is 88.6 Å². The number of carbonyl (C=O) groups is 4. The van der Waals surface area contributed by atoms with E-state index >= 15 is 0 Å². The lowest BCUT2D eigenvalue weighted by Gasteiger charge is -2.32. The molecule has 3 aliphatic rings. The number of nitrogens with one attached hydrogen (secondary N) is 4. The number of nitriles is 4. The van der Waals surface area contributed by atoms with E-state index in [0.717, 1.165) is 196 Å². The molecule has 0 saturated carbocycles. The van der Waals surface area contributed by atoms with Crippen molar-refractivity contribution < 1.29 is 61.8 Å². The largest absolute Gasteiger partial charge is 0.493 e. The number of carbonyl (C=O) groups excluding carboxylic acids is 4. The second-order valence-corrected chi connectivity index (χ2v) is 34.4. The van der Waals surface area contributed by atoms with Gasteiger partial charge in [-0.2, -0.15) is 21.0 Å². The summed E-state index contributed by atoms with van der Waals surface area (Å²) in [5, 5.41) is 54.7. The van der Waals surface area contributed by atoms with Crippen molar-refractivity contribution in [2.45, 2.75) is 139 Å². The molecular weight excluding hydrogens is 1770 g/mol. The minimum absolute atomic E-state index is 0.295. The smallest absolute Gasteiger partial charge is 0.411 e. The van der Waals surface area contributed by atoms with Crippen molar-refractivity contribution in [3.05, 3.63) is 192 Å². The molecular formula is C110H135N17O13. The fourth-order valence-electron chi connectivity index (χ4n) is 18.3. The van der Waals surface area contributed by atoms with Gasteiger partial charge in [0, 0.05) is 183 Å². The van der Waals surface area contributed by atoms with E-state index in [1.807, 2.05) is 153 Å². The number of anilines is 4. The van der Waals surface area contributed by atoms with Crippen molar-refractivity contribution in [1.82, 2.24) is 42.8 Å². The first-order chi connectivity index (χ1) is 68.3. The molecule has 12 aromatic rings. The molecule has 7 heterocycles. The highest BCUT2D eigenvalue weighted by atomic mass is 16.6. The van der Waals surface area contributed by atoms with Crippen molar-refractivity contribution in [3.8, 4) is 92.3 Å². The Balaban J connectivity index is 0.000000167. The first-order valence-electron chi connectivity index (χ1n) is 49.3. The zero-order valence-corrected chi connectivity index (χ0v) is 83.0. The van der Waals surface area contributed by atoms with Gasteiger partial charge < -0.3 is 85.4 Å². The molecule has 0 unspecified atom stereocenters. The molecule has 738 valence electrons. The molecule has 4 amide bonds. The van der Waals surface area contributed by atoms with Crippen LogP contribution in [-0.2, 0) is 49.9 Å². The number of hydrogen-bond donors (Lipinski definition) is 4. The summed E-state index contributed by atoms with van der Waals surface area (Å²) < 4.78 is 57.9. The Morgan fingerprint density at radius 2 is 0.607 bits per heavy atom. The third kappa shape index (κ3) is 27.9. The number of fused-ring (bicyclic) bond motifs is 4. The van der Waals surface area contributed by atoms with Crippen molar-refractivity contribution in [3.63, 3.8) is 0 Å². The minimum Gasteiger partial charge on any atom is -0.493 e. The number of aryl methyl sites for hydroxylation is 4. The Morgan fingerprint density at radius 1 is 0.336 bits per heavy atom. The number of nitrogens with zero attached hydrogens (tertiary/aromatic N) is 13. The van der Waals surface area contributed by atoms with E-state index in [4.69, 9.17) is 42.6 Å². The van der Waals surface area contributed by atoms with Crippen LogP contribution in [0.1, 0.15) is 135 Å². The number of piperidine rings is 1. The summed E-state index contributed by atoms with van der Waals surface area (Å²) >= 11 is 0. The normalized spacial score (nSPS) is 13.3. The average molecular weight is 1900 g/mol. The number of benzene rings is 8. The van der Waals surface area contributed by atoms with Crippen LogP contribution in [-0.4, -0.2) is 233 Å². The molecule has 15 rings (SSSR count). The van der Waals surface area contributed by atoms with Gasteiger partial charge in [-0.3, -0.25) is 21.3 Å². The number of likely N-dealkylation sites (N-methyl/N-ethyl adjacent to an activating group) is 2. The average Bonchev–Trinajstić information content (AvgIpc) is 1.62. The number of ether oxygens (including phenoxy) is 9. The highest BCUT2D eigenvalue weighted by Crippen LogP contribution is 2.42. The van der Waals surface area contributed by atoms with Gasteiger partial charge in [0.15, 0.2) is 0 Å². The Hall–Kier alpha value is -14.1. The lowest BCUT2D eigenvalue weighted by molar-refractivity contribution is 0.145. The zero-order valence-electron chi connectivity index (χ0n) is 83.0. The van der Waals surface area contributed by atoms with E-state index in [1.165, 1.54) is 58.3 Å². The van der Waals surface area contributed by atoms with Gasteiger partial charge in [0.25, 0.3) is 0 Å². The van der Waals surface area contributed by atoms with Gasteiger partial charge in [-0.1, -0.05) is 55.0 Å².